The van der Waals surface area contributed by atoms with Crippen LogP contribution in [0.3, 0.4) is 0 Å². The van der Waals surface area contributed by atoms with Gasteiger partial charge in [-0.3, -0.25) is 4.79 Å². The Labute approximate surface area is 102 Å². The van der Waals surface area contributed by atoms with E-state index in [2.05, 4.69) is 15.5 Å². The first-order valence-corrected chi connectivity index (χ1v) is 5.36. The lowest BCUT2D eigenvalue weighted by atomic mass is 10.1. The number of aromatic nitrogens is 2. The monoisotopic (exact) mass is 246 g/mol. The zero-order chi connectivity index (χ0) is 12.5. The number of hydrogen-bond acceptors (Lipinski definition) is 6. The van der Waals surface area contributed by atoms with Crippen molar-refractivity contribution < 1.29 is 14.1 Å². The van der Waals surface area contributed by atoms with Gasteiger partial charge in [0.05, 0.1) is 12.2 Å². The van der Waals surface area contributed by atoms with E-state index in [1.165, 1.54) is 0 Å². The van der Waals surface area contributed by atoms with Crippen molar-refractivity contribution in [2.75, 3.05) is 11.9 Å². The Morgan fingerprint density at radius 1 is 1.44 bits per heavy atom. The van der Waals surface area contributed by atoms with Gasteiger partial charge < -0.3 is 20.3 Å². The molecule has 0 saturated heterocycles. The normalized spacial score (nSPS) is 13.7. The fourth-order valence-electron chi connectivity index (χ4n) is 1.67. The van der Waals surface area contributed by atoms with E-state index in [4.69, 9.17) is 15.0 Å². The van der Waals surface area contributed by atoms with Crippen LogP contribution in [0, 0.1) is 0 Å². The predicted octanol–water partition coefficient (Wildman–Crippen LogP) is 0.526. The van der Waals surface area contributed by atoms with Gasteiger partial charge in [-0.25, -0.2) is 0 Å². The molecule has 1 amide bonds. The van der Waals surface area contributed by atoms with Crippen molar-refractivity contribution in [3.8, 4) is 17.1 Å². The van der Waals surface area contributed by atoms with Crippen LogP contribution in [-0.2, 0) is 11.3 Å². The summed E-state index contributed by atoms with van der Waals surface area (Å²) in [6.07, 6.45) is 0. The Balaban J connectivity index is 1.97. The molecule has 1 aromatic carbocycles. The molecule has 2 aromatic rings. The molecule has 1 aliphatic heterocycles. The summed E-state index contributed by atoms with van der Waals surface area (Å²) in [5, 5.41) is 6.52. The first kappa shape index (κ1) is 10.7. The second-order valence-electron chi connectivity index (χ2n) is 3.76. The quantitative estimate of drug-likeness (QED) is 0.800. The van der Waals surface area contributed by atoms with Gasteiger partial charge >= 0.3 is 0 Å². The summed E-state index contributed by atoms with van der Waals surface area (Å²) in [5.41, 5.74) is 6.78. The summed E-state index contributed by atoms with van der Waals surface area (Å²) in [6.45, 7) is 0.210. The van der Waals surface area contributed by atoms with Crippen LogP contribution < -0.4 is 15.8 Å². The second-order valence-corrected chi connectivity index (χ2v) is 3.76. The van der Waals surface area contributed by atoms with Gasteiger partial charge in [-0.05, 0) is 18.2 Å². The highest BCUT2D eigenvalue weighted by molar-refractivity contribution is 5.95. The van der Waals surface area contributed by atoms with Crippen LogP contribution in [0.4, 0.5) is 5.69 Å². The van der Waals surface area contributed by atoms with E-state index < -0.39 is 0 Å². The minimum atomic E-state index is -0.166. The summed E-state index contributed by atoms with van der Waals surface area (Å²) in [7, 11) is 0. The zero-order valence-corrected chi connectivity index (χ0v) is 9.34. The minimum Gasteiger partial charge on any atom is -0.482 e. The van der Waals surface area contributed by atoms with E-state index >= 15 is 0 Å². The van der Waals surface area contributed by atoms with Gasteiger partial charge in [-0.1, -0.05) is 5.16 Å². The number of anilines is 1. The average molecular weight is 246 g/mol. The molecule has 2 heterocycles. The number of rotatable bonds is 2. The topological polar surface area (TPSA) is 103 Å². The van der Waals surface area contributed by atoms with Crippen LogP contribution in [-0.4, -0.2) is 22.7 Å². The first-order chi connectivity index (χ1) is 8.76. The number of carbonyl (C=O) groups is 1. The Morgan fingerprint density at radius 2 is 2.33 bits per heavy atom. The maximum atomic E-state index is 11.1. The van der Waals surface area contributed by atoms with Crippen LogP contribution in [0.5, 0.6) is 5.75 Å². The highest BCUT2D eigenvalue weighted by Crippen LogP contribution is 2.31. The molecule has 7 heteroatoms. The lowest BCUT2D eigenvalue weighted by Gasteiger charge is -2.17. The maximum Gasteiger partial charge on any atom is 0.262 e. The smallest absolute Gasteiger partial charge is 0.262 e. The van der Waals surface area contributed by atoms with Gasteiger partial charge in [0.25, 0.3) is 5.91 Å². The number of ether oxygens (including phenoxy) is 1. The number of carbonyl (C=O) groups excluding carboxylic acids is 1. The molecule has 0 spiro atoms. The van der Waals surface area contributed by atoms with E-state index in [0.29, 0.717) is 23.2 Å². The van der Waals surface area contributed by atoms with Crippen molar-refractivity contribution in [2.45, 2.75) is 6.54 Å². The molecular weight excluding hydrogens is 236 g/mol. The summed E-state index contributed by atoms with van der Waals surface area (Å²) in [4.78, 5) is 15.3. The molecule has 0 bridgehead atoms. The van der Waals surface area contributed by atoms with E-state index in [-0.39, 0.29) is 19.1 Å². The number of nitrogens with one attached hydrogen (secondary N) is 1. The molecule has 0 saturated carbocycles. The first-order valence-electron chi connectivity index (χ1n) is 5.36. The second kappa shape index (κ2) is 4.11. The van der Waals surface area contributed by atoms with Crippen LogP contribution in [0.2, 0.25) is 0 Å². The van der Waals surface area contributed by atoms with Crippen molar-refractivity contribution in [3.63, 3.8) is 0 Å². The van der Waals surface area contributed by atoms with E-state index in [1.807, 2.05) is 0 Å². The molecule has 1 aromatic heterocycles. The van der Waals surface area contributed by atoms with Crippen molar-refractivity contribution in [1.29, 1.82) is 0 Å². The third kappa shape index (κ3) is 1.80. The Hall–Kier alpha value is -2.41. The molecule has 0 aliphatic carbocycles. The summed E-state index contributed by atoms with van der Waals surface area (Å²) < 4.78 is 10.2. The van der Waals surface area contributed by atoms with Gasteiger partial charge in [-0.2, -0.15) is 4.98 Å². The summed E-state index contributed by atoms with van der Waals surface area (Å²) in [5.74, 6) is 1.24. The fourth-order valence-corrected chi connectivity index (χ4v) is 1.67. The van der Waals surface area contributed by atoms with E-state index in [1.54, 1.807) is 18.2 Å². The number of nitrogens with zero attached hydrogens (tertiary/aromatic N) is 2. The lowest BCUT2D eigenvalue weighted by Crippen LogP contribution is -2.25. The van der Waals surface area contributed by atoms with Crippen LogP contribution in [0.1, 0.15) is 5.89 Å². The molecule has 0 atom stereocenters. The number of benzene rings is 1. The molecule has 0 unspecified atom stereocenters. The van der Waals surface area contributed by atoms with Crippen LogP contribution >= 0.6 is 0 Å². The SMILES string of the molecule is NCc1nc(-c2ccc3c(c2)OCC(=O)N3)no1. The van der Waals surface area contributed by atoms with Gasteiger partial charge in [0, 0.05) is 5.56 Å². The third-order valence-corrected chi connectivity index (χ3v) is 2.52. The number of nitrogens with two attached hydrogens (primary N) is 1. The molecule has 1 aliphatic rings. The highest BCUT2D eigenvalue weighted by atomic mass is 16.5. The molecular formula is C11H10N4O3. The minimum absolute atomic E-state index is 0.0107. The summed E-state index contributed by atoms with van der Waals surface area (Å²) in [6, 6.07) is 5.26. The van der Waals surface area contributed by atoms with Crippen molar-refractivity contribution in [3.05, 3.63) is 24.1 Å². The molecule has 0 radical (unpaired) electrons. The molecule has 18 heavy (non-hydrogen) atoms. The van der Waals surface area contributed by atoms with Crippen LogP contribution in [0.25, 0.3) is 11.4 Å². The van der Waals surface area contributed by atoms with Gasteiger partial charge in [0.1, 0.15) is 5.75 Å². The third-order valence-electron chi connectivity index (χ3n) is 2.52. The standard InChI is InChI=1S/C11H10N4O3/c12-4-10-14-11(15-18-10)6-1-2-7-8(3-6)17-5-9(16)13-7/h1-3H,4-5,12H2,(H,13,16). The van der Waals surface area contributed by atoms with Gasteiger partial charge in [0.2, 0.25) is 11.7 Å². The highest BCUT2D eigenvalue weighted by Gasteiger charge is 2.17. The fraction of sp³-hybridized carbons (Fsp3) is 0.182. The molecule has 3 N–H and O–H groups in total. The van der Waals surface area contributed by atoms with Gasteiger partial charge in [0.15, 0.2) is 6.61 Å². The van der Waals surface area contributed by atoms with Crippen molar-refractivity contribution in [1.82, 2.24) is 10.1 Å². The maximum absolute atomic E-state index is 11.1. The largest absolute Gasteiger partial charge is 0.482 e. The van der Waals surface area contributed by atoms with Crippen molar-refractivity contribution >= 4 is 11.6 Å². The van der Waals surface area contributed by atoms with E-state index in [9.17, 15) is 4.79 Å². The Bertz CT molecular complexity index is 608. The predicted molar refractivity (Wildman–Crippen MR) is 61.8 cm³/mol. The Morgan fingerprint density at radius 3 is 3.11 bits per heavy atom. The summed E-state index contributed by atoms with van der Waals surface area (Å²) >= 11 is 0. The molecule has 0 fully saturated rings. The number of hydrogen-bond donors (Lipinski definition) is 2. The van der Waals surface area contributed by atoms with Crippen LogP contribution in [0.15, 0.2) is 22.7 Å². The number of amides is 1. The van der Waals surface area contributed by atoms with Gasteiger partial charge in [-0.15, -0.1) is 0 Å². The van der Waals surface area contributed by atoms with E-state index in [0.717, 1.165) is 5.56 Å². The molecule has 3 rings (SSSR count). The lowest BCUT2D eigenvalue weighted by molar-refractivity contribution is -0.118. The molecule has 7 nitrogen and oxygen atoms in total. The molecule has 92 valence electrons. The zero-order valence-electron chi connectivity index (χ0n) is 9.34. The Kier molecular flexibility index (Phi) is 2.45. The van der Waals surface area contributed by atoms with Crippen molar-refractivity contribution in [2.24, 2.45) is 5.73 Å². The average Bonchev–Trinajstić information content (AvgIpc) is 2.87. The number of fused-ring (bicyclic) bond motifs is 1.